The SMILES string of the molecule is C=Cc1ccc(N2C(=O)C3CC=C4C(CC5(Cl)C(=O)N(C)C(=O)C5(Cl)C4c4cc(C)c(O)c(C)c4)C3C2=O)cc1. The lowest BCUT2D eigenvalue weighted by Gasteiger charge is -2.51. The summed E-state index contributed by atoms with van der Waals surface area (Å²) in [7, 11) is 1.36. The van der Waals surface area contributed by atoms with Crippen molar-refractivity contribution >= 4 is 58.6 Å². The Morgan fingerprint density at radius 3 is 2.20 bits per heavy atom. The molecule has 2 aliphatic carbocycles. The lowest BCUT2D eigenvalue weighted by Crippen LogP contribution is -2.60. The second kappa shape index (κ2) is 8.79. The highest BCUT2D eigenvalue weighted by Gasteiger charge is 2.75. The van der Waals surface area contributed by atoms with Crippen LogP contribution in [-0.2, 0) is 19.2 Å². The summed E-state index contributed by atoms with van der Waals surface area (Å²) >= 11 is 14.4. The lowest BCUT2D eigenvalue weighted by molar-refractivity contribution is -0.138. The van der Waals surface area contributed by atoms with Crippen LogP contribution in [0.2, 0.25) is 0 Å². The van der Waals surface area contributed by atoms with Gasteiger partial charge < -0.3 is 5.11 Å². The highest BCUT2D eigenvalue weighted by molar-refractivity contribution is 6.53. The second-order valence-corrected chi connectivity index (χ2v) is 12.6. The third kappa shape index (κ3) is 3.25. The number of likely N-dealkylation sites (tertiary alicyclic amines) is 1. The van der Waals surface area contributed by atoms with Crippen LogP contribution in [0.5, 0.6) is 5.75 Å². The Kier molecular flexibility index (Phi) is 5.88. The molecule has 3 fully saturated rings. The molecule has 2 heterocycles. The minimum Gasteiger partial charge on any atom is -0.507 e. The van der Waals surface area contributed by atoms with Crippen LogP contribution in [0.3, 0.4) is 0 Å². The first-order valence-electron chi connectivity index (χ1n) is 13.2. The fraction of sp³-hybridized carbons (Fsp3) is 0.355. The number of phenols is 1. The molecule has 0 aromatic heterocycles. The summed E-state index contributed by atoms with van der Waals surface area (Å²) in [6.45, 7) is 7.24. The molecule has 40 heavy (non-hydrogen) atoms. The number of alkyl halides is 2. The molecule has 1 N–H and O–H groups in total. The molecule has 206 valence electrons. The van der Waals surface area contributed by atoms with Gasteiger partial charge in [-0.1, -0.05) is 48.6 Å². The molecule has 2 aromatic rings. The third-order valence-corrected chi connectivity index (χ3v) is 10.7. The van der Waals surface area contributed by atoms with Gasteiger partial charge in [-0.2, -0.15) is 0 Å². The number of benzene rings is 2. The van der Waals surface area contributed by atoms with Gasteiger partial charge in [0.25, 0.3) is 11.8 Å². The summed E-state index contributed by atoms with van der Waals surface area (Å²) in [5.74, 6) is -4.62. The van der Waals surface area contributed by atoms with Gasteiger partial charge in [-0.15, -0.1) is 23.2 Å². The van der Waals surface area contributed by atoms with E-state index in [1.54, 1.807) is 56.3 Å². The molecule has 2 aromatic carbocycles. The van der Waals surface area contributed by atoms with E-state index in [-0.39, 0.29) is 30.4 Å². The van der Waals surface area contributed by atoms with Crippen molar-refractivity contribution in [3.05, 3.63) is 76.9 Å². The number of nitrogens with zero attached hydrogens (tertiary/aromatic N) is 2. The summed E-state index contributed by atoms with van der Waals surface area (Å²) in [4.78, 5) is 53.4. The largest absolute Gasteiger partial charge is 0.507 e. The molecule has 7 nitrogen and oxygen atoms in total. The van der Waals surface area contributed by atoms with E-state index in [0.29, 0.717) is 22.4 Å². The zero-order valence-electron chi connectivity index (χ0n) is 22.3. The van der Waals surface area contributed by atoms with Crippen molar-refractivity contribution in [2.45, 2.75) is 42.4 Å². The maximum absolute atomic E-state index is 14.0. The van der Waals surface area contributed by atoms with Crippen molar-refractivity contribution in [2.75, 3.05) is 11.9 Å². The summed E-state index contributed by atoms with van der Waals surface area (Å²) in [6.07, 6.45) is 3.81. The summed E-state index contributed by atoms with van der Waals surface area (Å²) < 4.78 is 0. The number of aryl methyl sites for hydroxylation is 2. The predicted molar refractivity (Wildman–Crippen MR) is 152 cm³/mol. The van der Waals surface area contributed by atoms with Crippen molar-refractivity contribution in [3.63, 3.8) is 0 Å². The van der Waals surface area contributed by atoms with Crippen LogP contribution in [0.4, 0.5) is 5.69 Å². The molecule has 0 spiro atoms. The van der Waals surface area contributed by atoms with Gasteiger partial charge in [-0.25, -0.2) is 0 Å². The van der Waals surface area contributed by atoms with Crippen molar-refractivity contribution in [1.29, 1.82) is 0 Å². The fourth-order valence-corrected chi connectivity index (χ4v) is 8.31. The van der Waals surface area contributed by atoms with Crippen LogP contribution in [0, 0.1) is 31.6 Å². The maximum atomic E-state index is 14.0. The van der Waals surface area contributed by atoms with Crippen molar-refractivity contribution < 1.29 is 24.3 Å². The number of imide groups is 2. The normalized spacial score (nSPS) is 33.1. The standard InChI is InChI=1S/C31H28Cl2N2O5/c1-5-17-6-8-19(9-7-17)35-26(37)21-11-10-20-22(23(21)27(35)38)14-30(32)28(39)34(4)29(40)31(30,33)24(20)18-12-15(2)25(36)16(3)13-18/h5-10,12-13,21-24,36H,1,11,14H2,2-4H3. The quantitative estimate of drug-likeness (QED) is 0.319. The number of fused-ring (bicyclic) bond motifs is 4. The van der Waals surface area contributed by atoms with Crippen LogP contribution in [0.15, 0.2) is 54.6 Å². The van der Waals surface area contributed by atoms with Gasteiger partial charge in [0.05, 0.1) is 17.5 Å². The van der Waals surface area contributed by atoms with E-state index in [4.69, 9.17) is 23.2 Å². The lowest BCUT2D eigenvalue weighted by atomic mass is 9.56. The minimum absolute atomic E-state index is 0.0607. The summed E-state index contributed by atoms with van der Waals surface area (Å²) in [6, 6.07) is 10.5. The Balaban J connectivity index is 1.51. The average Bonchev–Trinajstić information content (AvgIpc) is 3.26. The number of phenolic OH excluding ortho intramolecular Hbond substituents is 1. The molecule has 0 bridgehead atoms. The van der Waals surface area contributed by atoms with Crippen LogP contribution in [-0.4, -0.2) is 50.4 Å². The monoisotopic (exact) mass is 578 g/mol. The summed E-state index contributed by atoms with van der Waals surface area (Å²) in [5.41, 5.74) is 3.82. The molecule has 2 aliphatic heterocycles. The molecule has 1 saturated carbocycles. The first-order valence-corrected chi connectivity index (χ1v) is 13.9. The van der Waals surface area contributed by atoms with Crippen molar-refractivity contribution in [2.24, 2.45) is 17.8 Å². The van der Waals surface area contributed by atoms with Gasteiger partial charge in [-0.05, 0) is 67.0 Å². The van der Waals surface area contributed by atoms with Gasteiger partial charge in [0.1, 0.15) is 5.75 Å². The Hall–Kier alpha value is -3.42. The van der Waals surface area contributed by atoms with Crippen molar-refractivity contribution in [1.82, 2.24) is 4.90 Å². The zero-order chi connectivity index (χ0) is 28.9. The maximum Gasteiger partial charge on any atom is 0.253 e. The van der Waals surface area contributed by atoms with E-state index in [1.165, 1.54) is 11.9 Å². The number of allylic oxidation sites excluding steroid dienone is 2. The number of aromatic hydroxyl groups is 1. The highest BCUT2D eigenvalue weighted by atomic mass is 35.5. The Bertz CT molecular complexity index is 1540. The number of halogens is 2. The van der Waals surface area contributed by atoms with Gasteiger partial charge in [0.15, 0.2) is 9.75 Å². The van der Waals surface area contributed by atoms with Gasteiger partial charge in [0, 0.05) is 13.0 Å². The molecular weight excluding hydrogens is 551 g/mol. The predicted octanol–water partition coefficient (Wildman–Crippen LogP) is 4.85. The van der Waals surface area contributed by atoms with Crippen LogP contribution in [0.25, 0.3) is 6.08 Å². The number of hydrogen-bond acceptors (Lipinski definition) is 5. The smallest absolute Gasteiger partial charge is 0.253 e. The molecular formula is C31H28Cl2N2O5. The number of carbonyl (C=O) groups is 4. The molecule has 0 radical (unpaired) electrons. The van der Waals surface area contributed by atoms with Crippen molar-refractivity contribution in [3.8, 4) is 5.75 Å². The van der Waals surface area contributed by atoms with Gasteiger partial charge >= 0.3 is 0 Å². The van der Waals surface area contributed by atoms with E-state index in [9.17, 15) is 24.3 Å². The number of amides is 4. The Labute approximate surface area is 242 Å². The molecule has 9 heteroatoms. The Morgan fingerprint density at radius 1 is 0.975 bits per heavy atom. The Morgan fingerprint density at radius 2 is 1.60 bits per heavy atom. The summed E-state index contributed by atoms with van der Waals surface area (Å²) in [5, 5.41) is 10.5. The highest BCUT2D eigenvalue weighted by Crippen LogP contribution is 2.65. The van der Waals surface area contributed by atoms with E-state index in [2.05, 4.69) is 6.58 Å². The molecule has 6 unspecified atom stereocenters. The van der Waals surface area contributed by atoms with E-state index in [0.717, 1.165) is 16.0 Å². The van der Waals surface area contributed by atoms with E-state index in [1.807, 2.05) is 6.08 Å². The first-order chi connectivity index (χ1) is 18.9. The molecule has 2 saturated heterocycles. The van der Waals surface area contributed by atoms with Gasteiger partial charge in [-0.3, -0.25) is 29.0 Å². The molecule has 6 rings (SSSR count). The minimum atomic E-state index is -1.85. The topological polar surface area (TPSA) is 95.0 Å². The third-order valence-electron chi connectivity index (χ3n) is 9.25. The molecule has 4 amide bonds. The number of hydrogen-bond donors (Lipinski definition) is 1. The first kappa shape index (κ1) is 26.8. The van der Waals surface area contributed by atoms with E-state index < -0.39 is 45.2 Å². The average molecular weight is 579 g/mol. The number of anilines is 1. The molecule has 4 aliphatic rings. The van der Waals surface area contributed by atoms with E-state index >= 15 is 0 Å². The zero-order valence-corrected chi connectivity index (χ0v) is 23.8. The number of rotatable bonds is 3. The van der Waals surface area contributed by atoms with Crippen LogP contribution >= 0.6 is 23.2 Å². The fourth-order valence-electron chi connectivity index (χ4n) is 7.29. The van der Waals surface area contributed by atoms with Crippen LogP contribution in [0.1, 0.15) is 41.0 Å². The van der Waals surface area contributed by atoms with Gasteiger partial charge in [0.2, 0.25) is 11.8 Å². The molecule has 6 atom stereocenters. The van der Waals surface area contributed by atoms with Crippen LogP contribution < -0.4 is 4.90 Å². The second-order valence-electron chi connectivity index (χ2n) is 11.3. The number of carbonyl (C=O) groups excluding carboxylic acids is 4.